The fourth-order valence-corrected chi connectivity index (χ4v) is 2.08. The van der Waals surface area contributed by atoms with Crippen LogP contribution < -0.4 is 10.6 Å². The predicted octanol–water partition coefficient (Wildman–Crippen LogP) is 2.99. The number of amides is 1. The molecule has 1 unspecified atom stereocenters. The van der Waals surface area contributed by atoms with Gasteiger partial charge in [0.15, 0.2) is 0 Å². The van der Waals surface area contributed by atoms with Crippen molar-refractivity contribution in [3.63, 3.8) is 0 Å². The van der Waals surface area contributed by atoms with E-state index in [9.17, 15) is 9.18 Å². The average molecular weight is 286 g/mol. The summed E-state index contributed by atoms with van der Waals surface area (Å²) in [5.41, 5.74) is 1.69. The highest BCUT2D eigenvalue weighted by molar-refractivity contribution is 5.92. The zero-order chi connectivity index (χ0) is 15.1. The summed E-state index contributed by atoms with van der Waals surface area (Å²) in [7, 11) is 0. The minimum absolute atomic E-state index is 0.180. The maximum Gasteiger partial charge on any atom is 0.238 e. The molecule has 2 aromatic carbocycles. The highest BCUT2D eigenvalue weighted by atomic mass is 19.1. The Morgan fingerprint density at radius 3 is 2.62 bits per heavy atom. The van der Waals surface area contributed by atoms with Gasteiger partial charge in [-0.1, -0.05) is 36.4 Å². The zero-order valence-electron chi connectivity index (χ0n) is 12.0. The Balaban J connectivity index is 1.76. The monoisotopic (exact) mass is 286 g/mol. The van der Waals surface area contributed by atoms with Crippen LogP contribution in [0.25, 0.3) is 0 Å². The smallest absolute Gasteiger partial charge is 0.238 e. The van der Waals surface area contributed by atoms with Crippen LogP contribution in [-0.4, -0.2) is 18.5 Å². The molecule has 2 rings (SSSR count). The lowest BCUT2D eigenvalue weighted by Gasteiger charge is -2.14. The zero-order valence-corrected chi connectivity index (χ0v) is 12.0. The van der Waals surface area contributed by atoms with E-state index >= 15 is 0 Å². The third-order valence-electron chi connectivity index (χ3n) is 3.10. The molecule has 2 aromatic rings. The summed E-state index contributed by atoms with van der Waals surface area (Å²) in [5.74, 6) is -0.543. The van der Waals surface area contributed by atoms with Gasteiger partial charge < -0.3 is 10.6 Å². The first kappa shape index (κ1) is 15.2. The molecule has 0 aliphatic carbocycles. The first-order valence-corrected chi connectivity index (χ1v) is 6.96. The number of carbonyl (C=O) groups is 1. The van der Waals surface area contributed by atoms with Gasteiger partial charge in [-0.15, -0.1) is 0 Å². The quantitative estimate of drug-likeness (QED) is 0.857. The molecule has 0 fully saturated rings. The lowest BCUT2D eigenvalue weighted by molar-refractivity contribution is -0.115. The van der Waals surface area contributed by atoms with Crippen molar-refractivity contribution in [3.8, 4) is 0 Å². The number of benzene rings is 2. The third-order valence-corrected chi connectivity index (χ3v) is 3.10. The van der Waals surface area contributed by atoms with Crippen LogP contribution in [0.5, 0.6) is 0 Å². The van der Waals surface area contributed by atoms with Gasteiger partial charge in [0, 0.05) is 11.7 Å². The molecule has 0 bridgehead atoms. The van der Waals surface area contributed by atoms with Crippen LogP contribution in [0.15, 0.2) is 54.6 Å². The Bertz CT molecular complexity index is 586. The van der Waals surface area contributed by atoms with E-state index in [1.165, 1.54) is 17.7 Å². The van der Waals surface area contributed by atoms with Crippen molar-refractivity contribution in [1.29, 1.82) is 0 Å². The molecular formula is C17H19FN2O. The number of nitrogens with one attached hydrogen (secondary N) is 2. The van der Waals surface area contributed by atoms with Crippen molar-refractivity contribution in [3.05, 3.63) is 66.0 Å². The molecule has 0 spiro atoms. The molecule has 3 nitrogen and oxygen atoms in total. The van der Waals surface area contributed by atoms with E-state index in [1.807, 2.05) is 25.1 Å². The van der Waals surface area contributed by atoms with Gasteiger partial charge in [-0.05, 0) is 37.1 Å². The lowest BCUT2D eigenvalue weighted by Crippen LogP contribution is -2.35. The first-order valence-electron chi connectivity index (χ1n) is 6.96. The number of hydrogen-bond donors (Lipinski definition) is 2. The Morgan fingerprint density at radius 1 is 1.14 bits per heavy atom. The van der Waals surface area contributed by atoms with Crippen LogP contribution in [0.4, 0.5) is 10.1 Å². The second-order valence-corrected chi connectivity index (χ2v) is 5.03. The van der Waals surface area contributed by atoms with Gasteiger partial charge in [-0.2, -0.15) is 0 Å². The van der Waals surface area contributed by atoms with Crippen LogP contribution in [0.1, 0.15) is 12.5 Å². The number of halogens is 1. The van der Waals surface area contributed by atoms with Crippen molar-refractivity contribution in [2.75, 3.05) is 11.9 Å². The molecule has 0 heterocycles. The molecule has 110 valence electrons. The molecular weight excluding hydrogens is 267 g/mol. The van der Waals surface area contributed by atoms with Crippen molar-refractivity contribution in [1.82, 2.24) is 5.32 Å². The number of anilines is 1. The molecule has 0 radical (unpaired) electrons. The van der Waals surface area contributed by atoms with Crippen molar-refractivity contribution >= 4 is 11.6 Å². The van der Waals surface area contributed by atoms with Crippen molar-refractivity contribution in [2.45, 2.75) is 19.4 Å². The van der Waals surface area contributed by atoms with E-state index in [-0.39, 0.29) is 24.3 Å². The molecule has 2 N–H and O–H groups in total. The normalized spacial score (nSPS) is 11.9. The fourth-order valence-electron chi connectivity index (χ4n) is 2.08. The molecule has 21 heavy (non-hydrogen) atoms. The Morgan fingerprint density at radius 2 is 1.90 bits per heavy atom. The maximum absolute atomic E-state index is 13.0. The van der Waals surface area contributed by atoms with Gasteiger partial charge in [0.25, 0.3) is 0 Å². The average Bonchev–Trinajstić information content (AvgIpc) is 2.46. The minimum atomic E-state index is -0.363. The predicted molar refractivity (Wildman–Crippen MR) is 82.6 cm³/mol. The summed E-state index contributed by atoms with van der Waals surface area (Å²) in [5, 5.41) is 5.82. The molecule has 4 heteroatoms. The van der Waals surface area contributed by atoms with Crippen LogP contribution in [0.2, 0.25) is 0 Å². The van der Waals surface area contributed by atoms with E-state index in [0.29, 0.717) is 5.69 Å². The SMILES string of the molecule is CC(Cc1ccccc1)NCC(=O)Nc1cccc(F)c1. The topological polar surface area (TPSA) is 41.1 Å². The Hall–Kier alpha value is -2.20. The second-order valence-electron chi connectivity index (χ2n) is 5.03. The molecule has 0 saturated heterocycles. The van der Waals surface area contributed by atoms with E-state index < -0.39 is 0 Å². The minimum Gasteiger partial charge on any atom is -0.325 e. The van der Waals surface area contributed by atoms with Gasteiger partial charge in [-0.25, -0.2) is 4.39 Å². The van der Waals surface area contributed by atoms with E-state index in [1.54, 1.807) is 12.1 Å². The molecule has 1 amide bonds. The first-order chi connectivity index (χ1) is 10.1. The fraction of sp³-hybridized carbons (Fsp3) is 0.235. The summed E-state index contributed by atoms with van der Waals surface area (Å²) in [6.45, 7) is 2.23. The molecule has 0 aromatic heterocycles. The van der Waals surface area contributed by atoms with Gasteiger partial charge in [0.1, 0.15) is 5.82 Å². The molecule has 0 saturated carbocycles. The van der Waals surface area contributed by atoms with Crippen LogP contribution in [-0.2, 0) is 11.2 Å². The third kappa shape index (κ3) is 5.36. The number of hydrogen-bond acceptors (Lipinski definition) is 2. The number of carbonyl (C=O) groups excluding carboxylic acids is 1. The highest BCUT2D eigenvalue weighted by Crippen LogP contribution is 2.08. The molecule has 0 aliphatic heterocycles. The standard InChI is InChI=1S/C17H19FN2O/c1-13(10-14-6-3-2-4-7-14)19-12-17(21)20-16-9-5-8-15(18)11-16/h2-9,11,13,19H,10,12H2,1H3,(H,20,21). The van der Waals surface area contributed by atoms with Crippen LogP contribution in [0.3, 0.4) is 0 Å². The second kappa shape index (κ2) is 7.55. The summed E-state index contributed by atoms with van der Waals surface area (Å²) in [4.78, 5) is 11.8. The van der Waals surface area contributed by atoms with E-state index in [0.717, 1.165) is 6.42 Å². The summed E-state index contributed by atoms with van der Waals surface area (Å²) < 4.78 is 13.0. The Kier molecular flexibility index (Phi) is 5.46. The number of rotatable bonds is 6. The van der Waals surface area contributed by atoms with Gasteiger partial charge in [0.05, 0.1) is 6.54 Å². The van der Waals surface area contributed by atoms with E-state index in [2.05, 4.69) is 22.8 Å². The summed E-state index contributed by atoms with van der Waals surface area (Å²) in [6.07, 6.45) is 0.855. The van der Waals surface area contributed by atoms with Crippen molar-refractivity contribution in [2.24, 2.45) is 0 Å². The van der Waals surface area contributed by atoms with E-state index in [4.69, 9.17) is 0 Å². The van der Waals surface area contributed by atoms with Gasteiger partial charge in [-0.3, -0.25) is 4.79 Å². The molecule has 0 aliphatic rings. The summed E-state index contributed by atoms with van der Waals surface area (Å²) in [6, 6.07) is 16.2. The van der Waals surface area contributed by atoms with Gasteiger partial charge in [0.2, 0.25) is 5.91 Å². The summed E-state index contributed by atoms with van der Waals surface area (Å²) >= 11 is 0. The van der Waals surface area contributed by atoms with Crippen molar-refractivity contribution < 1.29 is 9.18 Å². The largest absolute Gasteiger partial charge is 0.325 e. The lowest BCUT2D eigenvalue weighted by atomic mass is 10.1. The van der Waals surface area contributed by atoms with Crippen LogP contribution >= 0.6 is 0 Å². The maximum atomic E-state index is 13.0. The Labute approximate surface area is 124 Å². The van der Waals surface area contributed by atoms with Gasteiger partial charge >= 0.3 is 0 Å². The molecule has 1 atom stereocenters. The highest BCUT2D eigenvalue weighted by Gasteiger charge is 2.07. The van der Waals surface area contributed by atoms with Crippen LogP contribution in [0, 0.1) is 5.82 Å².